The van der Waals surface area contributed by atoms with Crippen LogP contribution in [0.1, 0.15) is 20.8 Å². The van der Waals surface area contributed by atoms with Crippen molar-refractivity contribution in [2.24, 2.45) is 5.41 Å². The van der Waals surface area contributed by atoms with Crippen LogP contribution in [0.4, 0.5) is 0 Å². The van der Waals surface area contributed by atoms with Gasteiger partial charge in [-0.3, -0.25) is 0 Å². The van der Waals surface area contributed by atoms with E-state index in [0.29, 0.717) is 0 Å². The third kappa shape index (κ3) is 156. The van der Waals surface area contributed by atoms with E-state index in [0.717, 1.165) is 0 Å². The van der Waals surface area contributed by atoms with Gasteiger partial charge in [0.05, 0.1) is 0 Å². The molecule has 0 aliphatic heterocycles. The van der Waals surface area contributed by atoms with Gasteiger partial charge < -0.3 is 6.92 Å². The first-order valence-corrected chi connectivity index (χ1v) is 1.85. The molecule has 0 aromatic rings. The van der Waals surface area contributed by atoms with Gasteiger partial charge in [-0.25, -0.2) is 0 Å². The van der Waals surface area contributed by atoms with Crippen LogP contribution in [0.3, 0.4) is 0 Å². The monoisotopic (exact) mass is 135 g/mol. The van der Waals surface area contributed by atoms with Crippen molar-refractivity contribution >= 4 is 0 Å². The molecule has 0 aromatic carbocycles. The molecule has 0 rings (SSSR count). The summed E-state index contributed by atoms with van der Waals surface area (Å²) in [5, 5.41) is 0. The molecule has 0 bridgehead atoms. The van der Waals surface area contributed by atoms with Crippen LogP contribution in [-0.4, -0.2) is 0 Å². The minimum Gasteiger partial charge on any atom is -0.338 e. The molecular weight excluding hydrogens is 125 g/mol. The maximum absolute atomic E-state index is 3.77. The van der Waals surface area contributed by atoms with E-state index >= 15 is 0 Å². The molecule has 6 heavy (non-hydrogen) atoms. The third-order valence-corrected chi connectivity index (χ3v) is 0. The zero-order valence-corrected chi connectivity index (χ0v) is 7.88. The van der Waals surface area contributed by atoms with Crippen molar-refractivity contribution in [2.45, 2.75) is 20.8 Å². The van der Waals surface area contributed by atoms with E-state index in [4.69, 9.17) is 0 Å². The van der Waals surface area contributed by atoms with E-state index < -0.39 is 0 Å². The molecule has 0 saturated carbocycles. The summed E-state index contributed by atoms with van der Waals surface area (Å²) in [7, 11) is 0. The normalized spacial score (nSPS) is 10.0. The summed E-state index contributed by atoms with van der Waals surface area (Å²) < 4.78 is 0. The minimum absolute atomic E-state index is 0. The van der Waals surface area contributed by atoms with E-state index in [1.165, 1.54) is 0 Å². The summed E-state index contributed by atoms with van der Waals surface area (Å²) >= 11 is 0. The Kier molecular flexibility index (Phi) is 4.47. The fourth-order valence-corrected chi connectivity index (χ4v) is 0. The first kappa shape index (κ1) is 9.80. The predicted octanol–water partition coefficient (Wildman–Crippen LogP) is 1.86. The van der Waals surface area contributed by atoms with Gasteiger partial charge in [-0.15, -0.1) is 0 Å². The molecule has 0 fully saturated rings. The Morgan fingerprint density at radius 1 is 1.17 bits per heavy atom. The molecule has 0 nitrogen and oxygen atoms in total. The second-order valence-corrected chi connectivity index (χ2v) is 2.56. The quantitative estimate of drug-likeness (QED) is 0.352. The second kappa shape index (κ2) is 2.74. The van der Waals surface area contributed by atoms with Crippen molar-refractivity contribution in [1.29, 1.82) is 0 Å². The smallest absolute Gasteiger partial charge is 0 e. The van der Waals surface area contributed by atoms with Crippen LogP contribution < -0.4 is 0 Å². The third-order valence-electron chi connectivity index (χ3n) is 0. The second-order valence-electron chi connectivity index (χ2n) is 2.56. The van der Waals surface area contributed by atoms with Crippen molar-refractivity contribution in [1.82, 2.24) is 0 Å². The zero-order valence-electron chi connectivity index (χ0n) is 4.91. The molecule has 34 valence electrons. The molecule has 0 heterocycles. The van der Waals surface area contributed by atoms with Crippen LogP contribution in [0.2, 0.25) is 0 Å². The average Bonchev–Trinajstić information content (AvgIpc) is 0.722. The molecule has 0 radical (unpaired) electrons. The van der Waals surface area contributed by atoms with Gasteiger partial charge in [-0.2, -0.15) is 5.41 Å². The van der Waals surface area contributed by atoms with Crippen molar-refractivity contribution in [3.05, 3.63) is 6.92 Å². The fraction of sp³-hybridized carbons (Fsp3) is 0.800. The Balaban J connectivity index is 0. The van der Waals surface area contributed by atoms with Gasteiger partial charge in [-0.1, -0.05) is 20.8 Å². The summed E-state index contributed by atoms with van der Waals surface area (Å²) in [5.41, 5.74) is 0.250. The summed E-state index contributed by atoms with van der Waals surface area (Å²) in [6.45, 7) is 10.0. The Labute approximate surface area is 53.1 Å². The fourth-order valence-electron chi connectivity index (χ4n) is 0. The van der Waals surface area contributed by atoms with Gasteiger partial charge in [-0.05, 0) is 0 Å². The summed E-state index contributed by atoms with van der Waals surface area (Å²) in [6, 6.07) is 0. The Bertz CT molecular complexity index is 19.4. The van der Waals surface area contributed by atoms with E-state index in [1.54, 1.807) is 0 Å². The number of hydrogen-bond acceptors (Lipinski definition) is 0. The molecule has 0 spiro atoms. The van der Waals surface area contributed by atoms with Gasteiger partial charge in [0, 0.05) is 19.5 Å². The molecular formula is C5H11Zn-. The van der Waals surface area contributed by atoms with Crippen molar-refractivity contribution in [3.8, 4) is 0 Å². The van der Waals surface area contributed by atoms with Gasteiger partial charge in [0.2, 0.25) is 0 Å². The van der Waals surface area contributed by atoms with Gasteiger partial charge >= 0.3 is 0 Å². The van der Waals surface area contributed by atoms with Gasteiger partial charge in [0.15, 0.2) is 0 Å². The van der Waals surface area contributed by atoms with Gasteiger partial charge in [0.1, 0.15) is 0 Å². The summed E-state index contributed by atoms with van der Waals surface area (Å²) in [4.78, 5) is 0. The first-order valence-electron chi connectivity index (χ1n) is 1.85. The Hall–Kier alpha value is 0.623. The SMILES string of the molecule is [CH2-]C(C)(C)C.[Zn]. The summed E-state index contributed by atoms with van der Waals surface area (Å²) in [6.07, 6.45) is 0. The molecule has 0 N–H and O–H groups in total. The van der Waals surface area contributed by atoms with E-state index in [9.17, 15) is 0 Å². The van der Waals surface area contributed by atoms with Crippen molar-refractivity contribution in [3.63, 3.8) is 0 Å². The van der Waals surface area contributed by atoms with E-state index in [-0.39, 0.29) is 24.9 Å². The van der Waals surface area contributed by atoms with Gasteiger partial charge in [0.25, 0.3) is 0 Å². The van der Waals surface area contributed by atoms with Crippen LogP contribution in [0.25, 0.3) is 0 Å². The number of rotatable bonds is 0. The predicted molar refractivity (Wildman–Crippen MR) is 24.8 cm³/mol. The topological polar surface area (TPSA) is 0 Å². The van der Waals surface area contributed by atoms with Crippen LogP contribution in [0, 0.1) is 12.3 Å². The van der Waals surface area contributed by atoms with E-state index in [1.807, 2.05) is 0 Å². The largest absolute Gasteiger partial charge is 0.338 e. The first-order chi connectivity index (χ1) is 2.00. The molecule has 0 aliphatic rings. The van der Waals surface area contributed by atoms with Crippen LogP contribution in [-0.2, 0) is 19.5 Å². The molecule has 1 heteroatoms. The zero-order chi connectivity index (χ0) is 4.50. The maximum Gasteiger partial charge on any atom is 0 e. The Morgan fingerprint density at radius 3 is 1.17 bits per heavy atom. The van der Waals surface area contributed by atoms with Crippen LogP contribution in [0.15, 0.2) is 0 Å². The minimum atomic E-state index is 0. The molecule has 0 aliphatic carbocycles. The van der Waals surface area contributed by atoms with Crippen LogP contribution in [0.5, 0.6) is 0 Å². The maximum atomic E-state index is 3.77. The van der Waals surface area contributed by atoms with Crippen LogP contribution >= 0.6 is 0 Å². The molecule has 0 aromatic heterocycles. The number of hydrogen-bond donors (Lipinski definition) is 0. The standard InChI is InChI=1S/C5H11.Zn/c1-5(2,3)4;/h1H2,2-4H3;/q-1;. The average molecular weight is 137 g/mol. The Morgan fingerprint density at radius 2 is 1.17 bits per heavy atom. The molecule has 0 atom stereocenters. The van der Waals surface area contributed by atoms with Crippen molar-refractivity contribution < 1.29 is 19.5 Å². The van der Waals surface area contributed by atoms with E-state index in [2.05, 4.69) is 27.7 Å². The summed E-state index contributed by atoms with van der Waals surface area (Å²) in [5.74, 6) is 0. The molecule has 0 saturated heterocycles. The molecule has 0 amide bonds. The van der Waals surface area contributed by atoms with Crippen molar-refractivity contribution in [2.75, 3.05) is 0 Å². The molecule has 0 unspecified atom stereocenters.